The van der Waals surface area contributed by atoms with Crippen molar-refractivity contribution < 1.29 is 17.9 Å². The molecule has 1 atom stereocenters. The number of carbonyl (C=O) groups excluding carboxylic acids is 1. The van der Waals surface area contributed by atoms with Crippen molar-refractivity contribution in [1.29, 1.82) is 0 Å². The molecule has 1 heterocycles. The lowest BCUT2D eigenvalue weighted by Gasteiger charge is -2.23. The lowest BCUT2D eigenvalue weighted by Crippen LogP contribution is -2.44. The van der Waals surface area contributed by atoms with E-state index in [0.29, 0.717) is 24.3 Å². The number of amides is 2. The molecular weight excluding hydrogens is 280 g/mol. The summed E-state index contributed by atoms with van der Waals surface area (Å²) in [4.78, 5) is 11.8. The van der Waals surface area contributed by atoms with Gasteiger partial charge in [0.1, 0.15) is 5.75 Å². The van der Waals surface area contributed by atoms with E-state index < -0.39 is 15.9 Å². The second kappa shape index (κ2) is 6.13. The minimum Gasteiger partial charge on any atom is -0.497 e. The molecule has 0 radical (unpaired) electrons. The Morgan fingerprint density at radius 2 is 2.00 bits per heavy atom. The Morgan fingerprint density at radius 1 is 1.30 bits per heavy atom. The van der Waals surface area contributed by atoms with E-state index in [2.05, 4.69) is 10.6 Å². The largest absolute Gasteiger partial charge is 0.497 e. The third kappa shape index (κ3) is 4.12. The van der Waals surface area contributed by atoms with Crippen molar-refractivity contribution in [2.24, 2.45) is 0 Å². The number of benzene rings is 1. The lowest BCUT2D eigenvalue weighted by atomic mass is 10.2. The average molecular weight is 298 g/mol. The number of sulfone groups is 1. The van der Waals surface area contributed by atoms with Crippen LogP contribution in [0.2, 0.25) is 0 Å². The summed E-state index contributed by atoms with van der Waals surface area (Å²) in [5.41, 5.74) is 0.627. The molecule has 0 bridgehead atoms. The molecule has 1 aliphatic rings. The van der Waals surface area contributed by atoms with Crippen molar-refractivity contribution >= 4 is 21.6 Å². The number of carbonyl (C=O) groups is 1. The molecule has 0 aliphatic carbocycles. The van der Waals surface area contributed by atoms with Crippen molar-refractivity contribution in [3.63, 3.8) is 0 Å². The summed E-state index contributed by atoms with van der Waals surface area (Å²) in [6, 6.07) is 6.21. The standard InChI is InChI=1S/C13H18N2O4S/c1-19-12-6-4-10(5-7-12)14-13(16)15-11-3-2-8-20(17,18)9-11/h4-7,11H,2-3,8-9H2,1H3,(H2,14,15,16)/t11-/m0/s1. The molecule has 1 aliphatic heterocycles. The van der Waals surface area contributed by atoms with Crippen molar-refractivity contribution in [3.05, 3.63) is 24.3 Å². The molecule has 7 heteroatoms. The summed E-state index contributed by atoms with van der Waals surface area (Å²) >= 11 is 0. The van der Waals surface area contributed by atoms with Crippen LogP contribution in [0.5, 0.6) is 5.75 Å². The number of urea groups is 1. The Hall–Kier alpha value is -1.76. The van der Waals surface area contributed by atoms with Crippen LogP contribution in [0.15, 0.2) is 24.3 Å². The Morgan fingerprint density at radius 3 is 2.60 bits per heavy atom. The summed E-state index contributed by atoms with van der Waals surface area (Å²) < 4.78 is 28.0. The van der Waals surface area contributed by atoms with Gasteiger partial charge in [0, 0.05) is 11.7 Å². The van der Waals surface area contributed by atoms with E-state index in [1.165, 1.54) is 0 Å². The number of methoxy groups -OCH3 is 1. The molecule has 6 nitrogen and oxygen atoms in total. The molecule has 1 fully saturated rings. The van der Waals surface area contributed by atoms with Gasteiger partial charge in [-0.15, -0.1) is 0 Å². The van der Waals surface area contributed by atoms with Gasteiger partial charge in [0.15, 0.2) is 9.84 Å². The molecule has 20 heavy (non-hydrogen) atoms. The van der Waals surface area contributed by atoms with Crippen LogP contribution in [0.1, 0.15) is 12.8 Å². The van der Waals surface area contributed by atoms with Crippen LogP contribution in [0, 0.1) is 0 Å². The predicted octanol–water partition coefficient (Wildman–Crippen LogP) is 1.39. The number of hydrogen-bond donors (Lipinski definition) is 2. The SMILES string of the molecule is COc1ccc(NC(=O)N[C@H]2CCCS(=O)(=O)C2)cc1. The average Bonchev–Trinajstić information content (AvgIpc) is 2.38. The van der Waals surface area contributed by atoms with Crippen molar-refractivity contribution in [2.45, 2.75) is 18.9 Å². The highest BCUT2D eigenvalue weighted by molar-refractivity contribution is 7.91. The number of ether oxygens (including phenoxy) is 1. The van der Waals surface area contributed by atoms with E-state index in [1.807, 2.05) is 0 Å². The van der Waals surface area contributed by atoms with Crippen LogP contribution in [-0.4, -0.2) is 39.1 Å². The Bertz CT molecular complexity index is 569. The monoisotopic (exact) mass is 298 g/mol. The van der Waals surface area contributed by atoms with E-state index >= 15 is 0 Å². The highest BCUT2D eigenvalue weighted by atomic mass is 32.2. The van der Waals surface area contributed by atoms with Gasteiger partial charge < -0.3 is 15.4 Å². The third-order valence-corrected chi connectivity index (χ3v) is 4.97. The molecular formula is C13H18N2O4S. The molecule has 2 rings (SSSR count). The van der Waals surface area contributed by atoms with Crippen molar-refractivity contribution in [1.82, 2.24) is 5.32 Å². The van der Waals surface area contributed by atoms with Gasteiger partial charge in [0.25, 0.3) is 0 Å². The number of hydrogen-bond acceptors (Lipinski definition) is 4. The summed E-state index contributed by atoms with van der Waals surface area (Å²) in [5, 5.41) is 5.36. The van der Waals surface area contributed by atoms with Crippen LogP contribution in [0.25, 0.3) is 0 Å². The Labute approximate surface area is 118 Å². The number of nitrogens with one attached hydrogen (secondary N) is 2. The van der Waals surface area contributed by atoms with E-state index in [4.69, 9.17) is 4.74 Å². The first-order valence-corrected chi connectivity index (χ1v) is 8.23. The zero-order chi connectivity index (χ0) is 14.6. The Balaban J connectivity index is 1.88. The maximum absolute atomic E-state index is 11.8. The maximum atomic E-state index is 11.8. The Kier molecular flexibility index (Phi) is 4.49. The normalized spacial score (nSPS) is 20.9. The third-order valence-electron chi connectivity index (χ3n) is 3.15. The molecule has 0 aromatic heterocycles. The minimum atomic E-state index is -3.02. The van der Waals surface area contributed by atoms with Crippen molar-refractivity contribution in [3.8, 4) is 5.75 Å². The first-order chi connectivity index (χ1) is 9.48. The lowest BCUT2D eigenvalue weighted by molar-refractivity contribution is 0.248. The first kappa shape index (κ1) is 14.6. The van der Waals surface area contributed by atoms with Gasteiger partial charge in [-0.2, -0.15) is 0 Å². The molecule has 2 amide bonds. The number of anilines is 1. The van der Waals surface area contributed by atoms with Gasteiger partial charge in [-0.25, -0.2) is 13.2 Å². The molecule has 110 valence electrons. The van der Waals surface area contributed by atoms with E-state index in [0.717, 1.165) is 0 Å². The summed E-state index contributed by atoms with van der Waals surface area (Å²) in [7, 11) is -1.45. The molecule has 0 unspecified atom stereocenters. The smallest absolute Gasteiger partial charge is 0.319 e. The topological polar surface area (TPSA) is 84.5 Å². The zero-order valence-electron chi connectivity index (χ0n) is 11.3. The fraction of sp³-hybridized carbons (Fsp3) is 0.462. The van der Waals surface area contributed by atoms with Gasteiger partial charge in [0.05, 0.1) is 18.6 Å². The molecule has 1 saturated heterocycles. The fourth-order valence-electron chi connectivity index (χ4n) is 2.16. The summed E-state index contributed by atoms with van der Waals surface area (Å²) in [5.74, 6) is 0.934. The molecule has 0 spiro atoms. The van der Waals surface area contributed by atoms with Crippen LogP contribution < -0.4 is 15.4 Å². The van der Waals surface area contributed by atoms with Crippen LogP contribution >= 0.6 is 0 Å². The number of rotatable bonds is 3. The quantitative estimate of drug-likeness (QED) is 0.883. The highest BCUT2D eigenvalue weighted by Crippen LogP contribution is 2.15. The van der Waals surface area contributed by atoms with Crippen molar-refractivity contribution in [2.75, 3.05) is 23.9 Å². The van der Waals surface area contributed by atoms with E-state index in [9.17, 15) is 13.2 Å². The fourth-order valence-corrected chi connectivity index (χ4v) is 3.80. The van der Waals surface area contributed by atoms with Crippen LogP contribution in [0.4, 0.5) is 10.5 Å². The summed E-state index contributed by atoms with van der Waals surface area (Å²) in [6.45, 7) is 0. The van der Waals surface area contributed by atoms with Gasteiger partial charge in [-0.05, 0) is 37.1 Å². The minimum absolute atomic E-state index is 0.0169. The maximum Gasteiger partial charge on any atom is 0.319 e. The first-order valence-electron chi connectivity index (χ1n) is 6.40. The second-order valence-corrected chi connectivity index (χ2v) is 7.01. The highest BCUT2D eigenvalue weighted by Gasteiger charge is 2.25. The van der Waals surface area contributed by atoms with E-state index in [1.54, 1.807) is 31.4 Å². The van der Waals surface area contributed by atoms with Gasteiger partial charge >= 0.3 is 6.03 Å². The molecule has 1 aromatic carbocycles. The van der Waals surface area contributed by atoms with E-state index in [-0.39, 0.29) is 17.5 Å². The molecule has 1 aromatic rings. The second-order valence-electron chi connectivity index (χ2n) is 4.78. The van der Waals surface area contributed by atoms with Gasteiger partial charge in [-0.1, -0.05) is 0 Å². The summed E-state index contributed by atoms with van der Waals surface area (Å²) in [6.07, 6.45) is 1.28. The predicted molar refractivity (Wildman–Crippen MR) is 76.8 cm³/mol. The molecule has 0 saturated carbocycles. The zero-order valence-corrected chi connectivity index (χ0v) is 12.1. The van der Waals surface area contributed by atoms with Crippen LogP contribution in [0.3, 0.4) is 0 Å². The van der Waals surface area contributed by atoms with Gasteiger partial charge in [-0.3, -0.25) is 0 Å². The van der Waals surface area contributed by atoms with Crippen LogP contribution in [-0.2, 0) is 9.84 Å². The van der Waals surface area contributed by atoms with Gasteiger partial charge in [0.2, 0.25) is 0 Å². The molecule has 2 N–H and O–H groups in total.